The fourth-order valence-electron chi connectivity index (χ4n) is 1.91. The van der Waals surface area contributed by atoms with E-state index in [1.54, 1.807) is 12.1 Å². The smallest absolute Gasteiger partial charge is 0.269 e. The fraction of sp³-hybridized carbons (Fsp3) is 0.235. The summed E-state index contributed by atoms with van der Waals surface area (Å²) in [5.74, 6) is 1.52. The van der Waals surface area contributed by atoms with Gasteiger partial charge in [0.2, 0.25) is 0 Å². The Morgan fingerprint density at radius 3 is 2.14 bits per heavy atom. The average molecular weight is 428 g/mol. The number of nitrogens with two attached hydrogens (primary N) is 1. The maximum absolute atomic E-state index is 10.6. The quantitative estimate of drug-likeness (QED) is 0.200. The summed E-state index contributed by atoms with van der Waals surface area (Å²) in [7, 11) is -3.67. The number of nitrogens with zero attached hydrogens (tertiary/aromatic N) is 1. The lowest BCUT2D eigenvalue weighted by Gasteiger charge is -2.07. The molecule has 0 bridgehead atoms. The second kappa shape index (κ2) is 11.3. The van der Waals surface area contributed by atoms with Crippen molar-refractivity contribution in [2.75, 3.05) is 12.0 Å². The standard InChI is InChI=1S/C16H17N3O3S.CH4O3S/c17-16(18)23-10-9-12-3-7-15(8-4-12)22-11-13-1-5-14(6-2-13)19(20)21;1-5(2,3)4/h1-8H,9-11H2,(H3,17,18);1H3,(H,2,3,4). The minimum atomic E-state index is -3.67. The van der Waals surface area contributed by atoms with Gasteiger partial charge in [-0.1, -0.05) is 23.9 Å². The molecule has 0 aromatic heterocycles. The number of nitro benzene ring substituents is 1. The Hall–Kier alpha value is -2.63. The first-order chi connectivity index (χ1) is 13.0. The lowest BCUT2D eigenvalue weighted by atomic mass is 10.2. The van der Waals surface area contributed by atoms with Crippen LogP contribution < -0.4 is 10.5 Å². The predicted octanol–water partition coefficient (Wildman–Crippen LogP) is 2.85. The van der Waals surface area contributed by atoms with E-state index in [1.807, 2.05) is 24.3 Å². The molecule has 28 heavy (non-hydrogen) atoms. The number of nitrogens with one attached hydrogen (secondary N) is 1. The van der Waals surface area contributed by atoms with Crippen LogP contribution in [0.4, 0.5) is 5.69 Å². The highest BCUT2D eigenvalue weighted by Crippen LogP contribution is 2.17. The van der Waals surface area contributed by atoms with Gasteiger partial charge >= 0.3 is 0 Å². The van der Waals surface area contributed by atoms with Crippen molar-refractivity contribution in [2.24, 2.45) is 5.73 Å². The number of amidine groups is 1. The summed E-state index contributed by atoms with van der Waals surface area (Å²) in [6.07, 6.45) is 1.56. The monoisotopic (exact) mass is 427 g/mol. The molecule has 9 nitrogen and oxygen atoms in total. The van der Waals surface area contributed by atoms with Gasteiger partial charge in [0.25, 0.3) is 15.8 Å². The molecule has 0 saturated heterocycles. The van der Waals surface area contributed by atoms with E-state index in [0.717, 1.165) is 29.1 Å². The van der Waals surface area contributed by atoms with E-state index in [1.165, 1.54) is 23.9 Å². The Bertz CT molecular complexity index is 876. The number of ether oxygens (including phenoxy) is 1. The van der Waals surface area contributed by atoms with Crippen molar-refractivity contribution >= 4 is 32.7 Å². The zero-order valence-electron chi connectivity index (χ0n) is 15.1. The molecule has 0 aliphatic heterocycles. The zero-order chi connectivity index (χ0) is 21.2. The lowest BCUT2D eigenvalue weighted by molar-refractivity contribution is -0.384. The van der Waals surface area contributed by atoms with Gasteiger partial charge in [0.1, 0.15) is 12.4 Å². The van der Waals surface area contributed by atoms with Crippen LogP contribution in [0.1, 0.15) is 11.1 Å². The number of aryl methyl sites for hydroxylation is 1. The first kappa shape index (κ1) is 23.4. The molecule has 2 aromatic carbocycles. The number of hydrogen-bond donors (Lipinski definition) is 3. The normalized spacial score (nSPS) is 10.5. The minimum Gasteiger partial charge on any atom is -0.489 e. The average Bonchev–Trinajstić information content (AvgIpc) is 2.59. The highest BCUT2D eigenvalue weighted by molar-refractivity contribution is 8.13. The van der Waals surface area contributed by atoms with E-state index in [9.17, 15) is 18.5 Å². The van der Waals surface area contributed by atoms with Crippen LogP contribution in [-0.2, 0) is 23.1 Å². The summed E-state index contributed by atoms with van der Waals surface area (Å²) >= 11 is 1.32. The van der Waals surface area contributed by atoms with Crippen LogP contribution in [0.25, 0.3) is 0 Å². The molecule has 0 saturated carbocycles. The van der Waals surface area contributed by atoms with Crippen molar-refractivity contribution in [3.8, 4) is 5.75 Å². The summed E-state index contributed by atoms with van der Waals surface area (Å²) < 4.78 is 31.5. The first-order valence-electron chi connectivity index (χ1n) is 7.89. The van der Waals surface area contributed by atoms with Crippen molar-refractivity contribution in [1.82, 2.24) is 0 Å². The topological polar surface area (TPSA) is 157 Å². The Kier molecular flexibility index (Phi) is 9.42. The van der Waals surface area contributed by atoms with Crippen LogP contribution in [0, 0.1) is 15.5 Å². The summed E-state index contributed by atoms with van der Waals surface area (Å²) in [5, 5.41) is 17.9. The summed E-state index contributed by atoms with van der Waals surface area (Å²) in [4.78, 5) is 10.2. The molecule has 11 heteroatoms. The molecular weight excluding hydrogens is 406 g/mol. The highest BCUT2D eigenvalue weighted by atomic mass is 32.2. The zero-order valence-corrected chi connectivity index (χ0v) is 16.7. The molecular formula is C17H21N3O6S2. The van der Waals surface area contributed by atoms with Crippen molar-refractivity contribution in [3.05, 3.63) is 69.8 Å². The number of rotatable bonds is 7. The number of benzene rings is 2. The maximum atomic E-state index is 10.6. The fourth-order valence-corrected chi connectivity index (χ4v) is 2.47. The molecule has 0 radical (unpaired) electrons. The van der Waals surface area contributed by atoms with Crippen molar-refractivity contribution < 1.29 is 22.6 Å². The molecule has 0 amide bonds. The van der Waals surface area contributed by atoms with Gasteiger partial charge in [-0.25, -0.2) is 0 Å². The van der Waals surface area contributed by atoms with Crippen LogP contribution in [0.2, 0.25) is 0 Å². The third-order valence-corrected chi connectivity index (χ3v) is 3.84. The van der Waals surface area contributed by atoms with Gasteiger partial charge < -0.3 is 10.5 Å². The Morgan fingerprint density at radius 1 is 1.18 bits per heavy atom. The molecule has 4 N–H and O–H groups in total. The molecule has 152 valence electrons. The first-order valence-corrected chi connectivity index (χ1v) is 10.7. The second-order valence-electron chi connectivity index (χ2n) is 5.55. The molecule has 0 aliphatic rings. The third kappa shape index (κ3) is 11.2. The van der Waals surface area contributed by atoms with Gasteiger partial charge in [0.05, 0.1) is 11.2 Å². The molecule has 0 unspecified atom stereocenters. The Labute approximate surface area is 167 Å². The second-order valence-corrected chi connectivity index (χ2v) is 8.15. The van der Waals surface area contributed by atoms with E-state index in [2.05, 4.69) is 0 Å². The van der Waals surface area contributed by atoms with E-state index < -0.39 is 15.0 Å². The summed E-state index contributed by atoms with van der Waals surface area (Å²) in [5.41, 5.74) is 7.39. The molecule has 2 rings (SSSR count). The van der Waals surface area contributed by atoms with Gasteiger partial charge in [-0.3, -0.25) is 20.1 Å². The van der Waals surface area contributed by atoms with Crippen molar-refractivity contribution in [1.29, 1.82) is 5.41 Å². The summed E-state index contributed by atoms with van der Waals surface area (Å²) in [6, 6.07) is 14.0. The SMILES string of the molecule is CS(=O)(=O)O.N=C(N)SCCc1ccc(OCc2ccc([N+](=O)[O-])cc2)cc1. The van der Waals surface area contributed by atoms with Crippen molar-refractivity contribution in [2.45, 2.75) is 13.0 Å². The maximum Gasteiger partial charge on any atom is 0.269 e. The van der Waals surface area contributed by atoms with Gasteiger partial charge in [-0.05, 0) is 41.8 Å². The van der Waals surface area contributed by atoms with Gasteiger partial charge in [0.15, 0.2) is 5.17 Å². The lowest BCUT2D eigenvalue weighted by Crippen LogP contribution is -2.05. The third-order valence-electron chi connectivity index (χ3n) is 3.12. The Morgan fingerprint density at radius 2 is 1.68 bits per heavy atom. The van der Waals surface area contributed by atoms with Gasteiger partial charge in [-0.15, -0.1) is 0 Å². The summed E-state index contributed by atoms with van der Waals surface area (Å²) in [6.45, 7) is 0.359. The molecule has 0 spiro atoms. The number of nitro groups is 1. The van der Waals surface area contributed by atoms with Gasteiger partial charge in [-0.2, -0.15) is 8.42 Å². The van der Waals surface area contributed by atoms with E-state index in [4.69, 9.17) is 20.4 Å². The van der Waals surface area contributed by atoms with E-state index >= 15 is 0 Å². The van der Waals surface area contributed by atoms with Crippen LogP contribution in [-0.4, -0.2) is 35.1 Å². The van der Waals surface area contributed by atoms with E-state index in [-0.39, 0.29) is 10.9 Å². The Balaban J connectivity index is 0.000000696. The van der Waals surface area contributed by atoms with Crippen molar-refractivity contribution in [3.63, 3.8) is 0 Å². The van der Waals surface area contributed by atoms with Crippen LogP contribution >= 0.6 is 11.8 Å². The molecule has 2 aromatic rings. The van der Waals surface area contributed by atoms with Crippen LogP contribution in [0.15, 0.2) is 48.5 Å². The number of thioether (sulfide) groups is 1. The van der Waals surface area contributed by atoms with Gasteiger partial charge in [0, 0.05) is 17.9 Å². The molecule has 0 aliphatic carbocycles. The molecule has 0 atom stereocenters. The predicted molar refractivity (Wildman–Crippen MR) is 109 cm³/mol. The van der Waals surface area contributed by atoms with Crippen LogP contribution in [0.5, 0.6) is 5.75 Å². The minimum absolute atomic E-state index is 0.0709. The highest BCUT2D eigenvalue weighted by Gasteiger charge is 2.04. The molecule has 0 heterocycles. The molecule has 0 fully saturated rings. The number of non-ortho nitro benzene ring substituents is 1. The number of hydrogen-bond acceptors (Lipinski definition) is 7. The van der Waals surface area contributed by atoms with E-state index in [0.29, 0.717) is 12.9 Å². The van der Waals surface area contributed by atoms with Crippen LogP contribution in [0.3, 0.4) is 0 Å². The largest absolute Gasteiger partial charge is 0.489 e.